The van der Waals surface area contributed by atoms with Crippen molar-refractivity contribution in [3.8, 4) is 5.75 Å². The van der Waals surface area contributed by atoms with Crippen molar-refractivity contribution in [2.45, 2.75) is 13.8 Å². The van der Waals surface area contributed by atoms with Gasteiger partial charge in [-0.15, -0.1) is 0 Å². The molecule has 0 aliphatic carbocycles. The molecule has 0 aliphatic rings. The lowest BCUT2D eigenvalue weighted by atomic mass is 10.0. The minimum absolute atomic E-state index is 0.290. The normalized spacial score (nSPS) is 11.4. The fraction of sp³-hybridized carbons (Fsp3) is 0.0833. The van der Waals surface area contributed by atoms with Crippen LogP contribution in [0.2, 0.25) is 0 Å². The third-order valence-corrected chi connectivity index (χ3v) is 4.19. The molecule has 0 bridgehead atoms. The Kier molecular flexibility index (Phi) is 5.15. The third kappa shape index (κ3) is 4.71. The van der Waals surface area contributed by atoms with E-state index >= 15 is 0 Å². The van der Waals surface area contributed by atoms with Gasteiger partial charge in [0.25, 0.3) is 0 Å². The van der Waals surface area contributed by atoms with Crippen molar-refractivity contribution < 1.29 is 5.11 Å². The molecule has 0 saturated heterocycles. The van der Waals surface area contributed by atoms with Crippen LogP contribution in [0.1, 0.15) is 33.4 Å². The maximum absolute atomic E-state index is 9.32. The van der Waals surface area contributed by atoms with Crippen molar-refractivity contribution in [3.05, 3.63) is 100 Å². The molecule has 0 atom stereocenters. The second kappa shape index (κ2) is 7.67. The lowest BCUT2D eigenvalue weighted by Gasteiger charge is -2.03. The van der Waals surface area contributed by atoms with Crippen LogP contribution in [0, 0.1) is 13.8 Å². The first-order valence-electron chi connectivity index (χ1n) is 8.43. The zero-order valence-corrected chi connectivity index (χ0v) is 14.6. The predicted molar refractivity (Wildman–Crippen MR) is 108 cm³/mol. The van der Waals surface area contributed by atoms with Gasteiger partial charge in [-0.25, -0.2) is 0 Å². The molecule has 1 heteroatoms. The average Bonchev–Trinajstić information content (AvgIpc) is 2.62. The Balaban J connectivity index is 1.74. The van der Waals surface area contributed by atoms with E-state index in [2.05, 4.69) is 80.6 Å². The van der Waals surface area contributed by atoms with Crippen LogP contribution < -0.4 is 0 Å². The Hall–Kier alpha value is -3.06. The molecular weight excluding hydrogens is 304 g/mol. The summed E-state index contributed by atoms with van der Waals surface area (Å²) in [6, 6.07) is 22.2. The highest BCUT2D eigenvalue weighted by Gasteiger charge is 1.96. The van der Waals surface area contributed by atoms with Crippen LogP contribution in [0.3, 0.4) is 0 Å². The van der Waals surface area contributed by atoms with Crippen LogP contribution in [0.15, 0.2) is 66.7 Å². The summed E-state index contributed by atoms with van der Waals surface area (Å²) in [7, 11) is 0. The van der Waals surface area contributed by atoms with Crippen molar-refractivity contribution in [1.82, 2.24) is 0 Å². The number of aromatic hydroxyl groups is 1. The summed E-state index contributed by atoms with van der Waals surface area (Å²) in [5, 5.41) is 9.32. The Morgan fingerprint density at radius 2 is 1.12 bits per heavy atom. The van der Waals surface area contributed by atoms with Gasteiger partial charge in [0.05, 0.1) is 0 Å². The molecule has 3 rings (SSSR count). The zero-order chi connectivity index (χ0) is 17.6. The molecule has 0 spiro atoms. The van der Waals surface area contributed by atoms with E-state index in [-0.39, 0.29) is 5.75 Å². The largest absolute Gasteiger partial charge is 0.508 e. The minimum atomic E-state index is 0.290. The van der Waals surface area contributed by atoms with E-state index in [1.165, 1.54) is 22.3 Å². The van der Waals surface area contributed by atoms with Gasteiger partial charge in [0.15, 0.2) is 0 Å². The Morgan fingerprint density at radius 1 is 0.600 bits per heavy atom. The fourth-order valence-electron chi connectivity index (χ4n) is 2.63. The predicted octanol–water partition coefficient (Wildman–Crippen LogP) is 6.35. The zero-order valence-electron chi connectivity index (χ0n) is 14.6. The minimum Gasteiger partial charge on any atom is -0.508 e. The highest BCUT2D eigenvalue weighted by Crippen LogP contribution is 2.18. The first-order valence-corrected chi connectivity index (χ1v) is 8.43. The molecule has 3 aromatic rings. The van der Waals surface area contributed by atoms with Gasteiger partial charge in [-0.1, -0.05) is 84.5 Å². The Morgan fingerprint density at radius 3 is 1.76 bits per heavy atom. The molecule has 0 aromatic heterocycles. The summed E-state index contributed by atoms with van der Waals surface area (Å²) in [4.78, 5) is 0. The number of aryl methyl sites for hydroxylation is 2. The molecule has 0 radical (unpaired) electrons. The topological polar surface area (TPSA) is 20.2 Å². The second-order valence-electron chi connectivity index (χ2n) is 6.28. The molecule has 124 valence electrons. The Bertz CT molecular complexity index is 898. The molecule has 0 saturated carbocycles. The van der Waals surface area contributed by atoms with Crippen LogP contribution in [-0.4, -0.2) is 5.11 Å². The van der Waals surface area contributed by atoms with Gasteiger partial charge < -0.3 is 5.11 Å². The number of phenolic OH excluding ortho intramolecular Hbond substituents is 1. The monoisotopic (exact) mass is 326 g/mol. The molecule has 1 N–H and O–H groups in total. The SMILES string of the molecule is Cc1ccc(/C=C/c2ccc(/C=C/c3ccc(O)cc3)cc2C)cc1. The molecule has 0 heterocycles. The molecule has 0 amide bonds. The highest BCUT2D eigenvalue weighted by molar-refractivity contribution is 5.74. The molecule has 1 nitrogen and oxygen atoms in total. The molecule has 25 heavy (non-hydrogen) atoms. The van der Waals surface area contributed by atoms with Crippen LogP contribution in [0.4, 0.5) is 0 Å². The van der Waals surface area contributed by atoms with E-state index in [0.29, 0.717) is 0 Å². The Labute approximate surface area is 149 Å². The van der Waals surface area contributed by atoms with Gasteiger partial charge in [0.1, 0.15) is 5.75 Å². The maximum atomic E-state index is 9.32. The number of rotatable bonds is 4. The van der Waals surface area contributed by atoms with Crippen molar-refractivity contribution in [3.63, 3.8) is 0 Å². The second-order valence-corrected chi connectivity index (χ2v) is 6.28. The van der Waals surface area contributed by atoms with E-state index < -0.39 is 0 Å². The number of benzene rings is 3. The van der Waals surface area contributed by atoms with Crippen molar-refractivity contribution in [2.24, 2.45) is 0 Å². The first kappa shape index (κ1) is 16.8. The van der Waals surface area contributed by atoms with E-state index in [1.54, 1.807) is 12.1 Å². The quantitative estimate of drug-likeness (QED) is 0.554. The lowest BCUT2D eigenvalue weighted by molar-refractivity contribution is 0.475. The summed E-state index contributed by atoms with van der Waals surface area (Å²) in [6.45, 7) is 4.23. The third-order valence-electron chi connectivity index (χ3n) is 4.19. The average molecular weight is 326 g/mol. The van der Waals surface area contributed by atoms with E-state index in [4.69, 9.17) is 0 Å². The van der Waals surface area contributed by atoms with Gasteiger partial charge in [0.2, 0.25) is 0 Å². The van der Waals surface area contributed by atoms with Gasteiger partial charge in [0, 0.05) is 0 Å². The standard InChI is InChI=1S/C24H22O/c1-18-3-5-20(6-4-18)9-13-23-14-10-22(17-19(23)2)8-7-21-11-15-24(25)16-12-21/h3-17,25H,1-2H3/b8-7+,13-9+. The van der Waals surface area contributed by atoms with Gasteiger partial charge in [-0.2, -0.15) is 0 Å². The molecular formula is C24H22O. The van der Waals surface area contributed by atoms with Crippen LogP contribution in [0.25, 0.3) is 24.3 Å². The van der Waals surface area contributed by atoms with Gasteiger partial charge in [-0.05, 0) is 53.8 Å². The van der Waals surface area contributed by atoms with Crippen LogP contribution in [-0.2, 0) is 0 Å². The van der Waals surface area contributed by atoms with Crippen molar-refractivity contribution in [1.29, 1.82) is 0 Å². The molecule has 0 unspecified atom stereocenters. The summed E-state index contributed by atoms with van der Waals surface area (Å²) < 4.78 is 0. The molecule has 0 fully saturated rings. The summed E-state index contributed by atoms with van der Waals surface area (Å²) in [5.41, 5.74) is 7.19. The summed E-state index contributed by atoms with van der Waals surface area (Å²) in [6.07, 6.45) is 8.45. The van der Waals surface area contributed by atoms with E-state index in [1.807, 2.05) is 12.1 Å². The smallest absolute Gasteiger partial charge is 0.115 e. The van der Waals surface area contributed by atoms with Gasteiger partial charge >= 0.3 is 0 Å². The molecule has 0 aliphatic heterocycles. The van der Waals surface area contributed by atoms with E-state index in [0.717, 1.165) is 11.1 Å². The van der Waals surface area contributed by atoms with Crippen molar-refractivity contribution >= 4 is 24.3 Å². The number of hydrogen-bond donors (Lipinski definition) is 1. The first-order chi connectivity index (χ1) is 12.1. The maximum Gasteiger partial charge on any atom is 0.115 e. The van der Waals surface area contributed by atoms with E-state index in [9.17, 15) is 5.11 Å². The number of hydrogen-bond acceptors (Lipinski definition) is 1. The van der Waals surface area contributed by atoms with Crippen LogP contribution in [0.5, 0.6) is 5.75 Å². The summed E-state index contributed by atoms with van der Waals surface area (Å²) in [5.74, 6) is 0.290. The highest BCUT2D eigenvalue weighted by atomic mass is 16.3. The van der Waals surface area contributed by atoms with Crippen LogP contribution >= 0.6 is 0 Å². The fourth-order valence-corrected chi connectivity index (χ4v) is 2.63. The number of phenols is 1. The van der Waals surface area contributed by atoms with Gasteiger partial charge in [-0.3, -0.25) is 0 Å². The lowest BCUT2D eigenvalue weighted by Crippen LogP contribution is -1.82. The van der Waals surface area contributed by atoms with Crippen molar-refractivity contribution in [2.75, 3.05) is 0 Å². The summed E-state index contributed by atoms with van der Waals surface area (Å²) >= 11 is 0. The molecule has 3 aromatic carbocycles.